The fraction of sp³-hybridized carbons (Fsp3) is 0.600. The van der Waals surface area contributed by atoms with Crippen LogP contribution in [0.3, 0.4) is 0 Å². The molecule has 0 saturated carbocycles. The van der Waals surface area contributed by atoms with Crippen molar-refractivity contribution in [3.8, 4) is 0 Å². The fourth-order valence-corrected chi connectivity index (χ4v) is 15.2. The van der Waals surface area contributed by atoms with Gasteiger partial charge in [0, 0.05) is 0 Å². The van der Waals surface area contributed by atoms with Crippen LogP contribution in [0.2, 0.25) is 34.5 Å². The van der Waals surface area contributed by atoms with Crippen LogP contribution in [0.15, 0.2) is 12.4 Å². The Morgan fingerprint density at radius 1 is 0.714 bits per heavy atom. The second kappa shape index (κ2) is 3.97. The van der Waals surface area contributed by atoms with Crippen LogP contribution in [0.1, 0.15) is 0 Å². The quantitative estimate of drug-likeness (QED) is 0.775. The van der Waals surface area contributed by atoms with Crippen LogP contribution in [-0.2, 0) is 0 Å². The summed E-state index contributed by atoms with van der Waals surface area (Å²) < 4.78 is 3.13. The van der Waals surface area contributed by atoms with Crippen molar-refractivity contribution in [2.24, 2.45) is 0 Å². The standard InChI is InChI=1S/C10H20Ge2N2/c1-11(2,3)9-7-13-14-8-10(9)12(4,5)6/h7-8H,1-6H3. The van der Waals surface area contributed by atoms with E-state index in [0.717, 1.165) is 0 Å². The van der Waals surface area contributed by atoms with Crippen LogP contribution in [0, 0.1) is 0 Å². The summed E-state index contributed by atoms with van der Waals surface area (Å²) in [5, 5.41) is 8.10. The molecule has 2 nitrogen and oxygen atoms in total. The van der Waals surface area contributed by atoms with Crippen molar-refractivity contribution in [3.63, 3.8) is 0 Å². The van der Waals surface area contributed by atoms with Crippen LogP contribution in [0.5, 0.6) is 0 Å². The third-order valence-corrected chi connectivity index (χ3v) is 11.9. The van der Waals surface area contributed by atoms with Crippen LogP contribution < -0.4 is 8.79 Å². The second-order valence-electron chi connectivity index (χ2n) is 5.82. The first kappa shape index (κ1) is 12.2. The molecule has 0 N–H and O–H groups in total. The normalized spacial score (nSPS) is 13.0. The average Bonchev–Trinajstić information content (AvgIpc) is 2.01. The number of hydrogen-bond donors (Lipinski definition) is 0. The van der Waals surface area contributed by atoms with Crippen LogP contribution >= 0.6 is 0 Å². The Hall–Kier alpha value is 0.166. The van der Waals surface area contributed by atoms with E-state index >= 15 is 0 Å². The van der Waals surface area contributed by atoms with Crippen molar-refractivity contribution in [3.05, 3.63) is 12.4 Å². The van der Waals surface area contributed by atoms with E-state index in [1.807, 2.05) is 12.4 Å². The predicted octanol–water partition coefficient (Wildman–Crippen LogP) is 1.57. The van der Waals surface area contributed by atoms with E-state index in [2.05, 4.69) is 44.7 Å². The molecule has 1 aromatic heterocycles. The van der Waals surface area contributed by atoms with Gasteiger partial charge in [0.25, 0.3) is 0 Å². The van der Waals surface area contributed by atoms with E-state index in [-0.39, 0.29) is 0 Å². The fourth-order valence-electron chi connectivity index (χ4n) is 1.52. The summed E-state index contributed by atoms with van der Waals surface area (Å²) in [5.74, 6) is 14.6. The molecule has 14 heavy (non-hydrogen) atoms. The summed E-state index contributed by atoms with van der Waals surface area (Å²) in [7, 11) is 0. The van der Waals surface area contributed by atoms with E-state index in [9.17, 15) is 0 Å². The van der Waals surface area contributed by atoms with Gasteiger partial charge in [0.15, 0.2) is 0 Å². The molecule has 0 unspecified atom stereocenters. The van der Waals surface area contributed by atoms with E-state index in [0.29, 0.717) is 0 Å². The van der Waals surface area contributed by atoms with Crippen molar-refractivity contribution >= 4 is 35.3 Å². The zero-order chi connectivity index (χ0) is 11.0. The summed E-state index contributed by atoms with van der Waals surface area (Å²) in [6.07, 6.45) is 4.04. The topological polar surface area (TPSA) is 25.8 Å². The first-order valence-electron chi connectivity index (χ1n) is 5.04. The van der Waals surface area contributed by atoms with Gasteiger partial charge in [-0.15, -0.1) is 0 Å². The Bertz CT molecular complexity index is 291. The Kier molecular flexibility index (Phi) is 3.47. The molecule has 78 valence electrons. The molecule has 0 aliphatic heterocycles. The molecule has 0 aliphatic rings. The monoisotopic (exact) mass is 316 g/mol. The van der Waals surface area contributed by atoms with Gasteiger partial charge in [-0.05, 0) is 0 Å². The molecule has 0 saturated heterocycles. The summed E-state index contributed by atoms with van der Waals surface area (Å²) >= 11 is -3.49. The molecule has 0 radical (unpaired) electrons. The summed E-state index contributed by atoms with van der Waals surface area (Å²) in [6.45, 7) is 0. The zero-order valence-electron chi connectivity index (χ0n) is 10.0. The molecule has 0 atom stereocenters. The van der Waals surface area contributed by atoms with Gasteiger partial charge in [0.05, 0.1) is 0 Å². The molecule has 0 aromatic carbocycles. The summed E-state index contributed by atoms with van der Waals surface area (Å²) in [5.41, 5.74) is 0. The first-order valence-corrected chi connectivity index (χ1v) is 19.7. The Balaban J connectivity index is 3.31. The predicted molar refractivity (Wildman–Crippen MR) is 68.0 cm³/mol. The van der Waals surface area contributed by atoms with Gasteiger partial charge in [-0.25, -0.2) is 0 Å². The minimum absolute atomic E-state index is 1.56. The minimum atomic E-state index is -1.74. The van der Waals surface area contributed by atoms with Crippen molar-refractivity contribution < 1.29 is 0 Å². The van der Waals surface area contributed by atoms with Crippen molar-refractivity contribution in [1.29, 1.82) is 0 Å². The molecule has 1 rings (SSSR count). The van der Waals surface area contributed by atoms with Gasteiger partial charge < -0.3 is 0 Å². The van der Waals surface area contributed by atoms with Crippen molar-refractivity contribution in [1.82, 2.24) is 10.2 Å². The van der Waals surface area contributed by atoms with Gasteiger partial charge in [-0.1, -0.05) is 0 Å². The molecule has 1 aromatic rings. The number of aromatic nitrogens is 2. The van der Waals surface area contributed by atoms with Crippen LogP contribution in [0.25, 0.3) is 0 Å². The molecular formula is C10H20Ge2N2. The molecule has 0 fully saturated rings. The zero-order valence-corrected chi connectivity index (χ0v) is 14.2. The first-order chi connectivity index (χ1) is 6.23. The average molecular weight is 314 g/mol. The maximum absolute atomic E-state index is 4.05. The van der Waals surface area contributed by atoms with E-state index in [1.54, 1.807) is 8.79 Å². The summed E-state index contributed by atoms with van der Waals surface area (Å²) in [6, 6.07) is 0. The van der Waals surface area contributed by atoms with Gasteiger partial charge in [-0.3, -0.25) is 0 Å². The molecule has 1 heterocycles. The maximum atomic E-state index is 4.05. The molecule has 4 heteroatoms. The van der Waals surface area contributed by atoms with E-state index < -0.39 is 26.5 Å². The van der Waals surface area contributed by atoms with E-state index in [4.69, 9.17) is 0 Å². The number of nitrogens with zero attached hydrogens (tertiary/aromatic N) is 2. The molecule has 0 bridgehead atoms. The van der Waals surface area contributed by atoms with E-state index in [1.165, 1.54) is 0 Å². The third-order valence-electron chi connectivity index (χ3n) is 2.35. The molecular weight excluding hydrogens is 293 g/mol. The molecule has 0 amide bonds. The second-order valence-corrected chi connectivity index (χ2v) is 27.0. The summed E-state index contributed by atoms with van der Waals surface area (Å²) in [4.78, 5) is 0. The molecule has 0 spiro atoms. The van der Waals surface area contributed by atoms with Gasteiger partial charge in [0.2, 0.25) is 0 Å². The van der Waals surface area contributed by atoms with Gasteiger partial charge >= 0.3 is 92.5 Å². The Labute approximate surface area is 92.2 Å². The third kappa shape index (κ3) is 2.83. The number of hydrogen-bond acceptors (Lipinski definition) is 2. The van der Waals surface area contributed by atoms with Crippen LogP contribution in [-0.4, -0.2) is 36.7 Å². The number of rotatable bonds is 2. The SMILES string of the molecule is [CH3][Ge]([CH3])([CH3])[c]1cnnc[c]1[Ge]([CH3])([CH3])[CH3]. The van der Waals surface area contributed by atoms with Gasteiger partial charge in [-0.2, -0.15) is 0 Å². The van der Waals surface area contributed by atoms with Gasteiger partial charge in [0.1, 0.15) is 0 Å². The Morgan fingerprint density at radius 3 is 1.21 bits per heavy atom. The van der Waals surface area contributed by atoms with Crippen molar-refractivity contribution in [2.75, 3.05) is 0 Å². The Morgan fingerprint density at radius 2 is 1.00 bits per heavy atom. The van der Waals surface area contributed by atoms with Crippen molar-refractivity contribution in [2.45, 2.75) is 34.5 Å². The van der Waals surface area contributed by atoms with Crippen LogP contribution in [0.4, 0.5) is 0 Å². The molecule has 0 aliphatic carbocycles.